The Balaban J connectivity index is 1.48. The van der Waals surface area contributed by atoms with Crippen LogP contribution in [0.15, 0.2) is 47.6 Å². The summed E-state index contributed by atoms with van der Waals surface area (Å²) in [6.45, 7) is 4.93. The molecule has 10 heteroatoms. The number of halogens is 1. The van der Waals surface area contributed by atoms with E-state index in [1.165, 1.54) is 12.1 Å². The summed E-state index contributed by atoms with van der Waals surface area (Å²) in [5, 5.41) is 3.10. The van der Waals surface area contributed by atoms with Gasteiger partial charge in [-0.15, -0.1) is 0 Å². The number of aryl methyl sites for hydroxylation is 1. The summed E-state index contributed by atoms with van der Waals surface area (Å²) in [5.74, 6) is 1.01. The molecule has 0 radical (unpaired) electrons. The van der Waals surface area contributed by atoms with Gasteiger partial charge in [0.15, 0.2) is 5.96 Å². The van der Waals surface area contributed by atoms with Crippen molar-refractivity contribution in [2.75, 3.05) is 55.1 Å². The van der Waals surface area contributed by atoms with Crippen LogP contribution < -0.4 is 14.9 Å². The summed E-state index contributed by atoms with van der Waals surface area (Å²) in [4.78, 5) is 12.9. The number of anilines is 2. The average Bonchev–Trinajstić information content (AvgIpc) is 2.74. The van der Waals surface area contributed by atoms with Crippen molar-refractivity contribution in [2.24, 2.45) is 4.99 Å². The molecule has 2 aromatic rings. The molecule has 0 amide bonds. The minimum absolute atomic E-state index is 0.157. The van der Waals surface area contributed by atoms with Crippen molar-refractivity contribution in [1.29, 1.82) is 0 Å². The fraction of sp³-hybridized carbons (Fsp3) is 0.400. The number of aliphatic imine (C=N–C) groups is 1. The third-order valence-electron chi connectivity index (χ3n) is 4.86. The zero-order valence-electron chi connectivity index (χ0n) is 17.2. The van der Waals surface area contributed by atoms with Crippen LogP contribution in [0.2, 0.25) is 0 Å². The van der Waals surface area contributed by atoms with Gasteiger partial charge < -0.3 is 15.1 Å². The van der Waals surface area contributed by atoms with Gasteiger partial charge in [-0.3, -0.25) is 9.71 Å². The van der Waals surface area contributed by atoms with Gasteiger partial charge in [0.2, 0.25) is 10.0 Å². The van der Waals surface area contributed by atoms with E-state index in [1.807, 2.05) is 18.2 Å². The normalized spacial score (nSPS) is 15.2. The molecule has 0 atom stereocenters. The number of nitrogens with zero attached hydrogens (tertiary/aromatic N) is 4. The van der Waals surface area contributed by atoms with Gasteiger partial charge in [0.1, 0.15) is 11.6 Å². The number of sulfonamides is 1. The summed E-state index contributed by atoms with van der Waals surface area (Å²) in [5.41, 5.74) is 0.680. The van der Waals surface area contributed by atoms with Gasteiger partial charge in [0.05, 0.1) is 11.4 Å². The summed E-state index contributed by atoms with van der Waals surface area (Å²) in [7, 11) is -1.94. The van der Waals surface area contributed by atoms with Crippen molar-refractivity contribution < 1.29 is 12.8 Å². The van der Waals surface area contributed by atoms with Gasteiger partial charge >= 0.3 is 0 Å². The number of hydrogen-bond donors (Lipinski definition) is 2. The lowest BCUT2D eigenvalue weighted by Crippen LogP contribution is -2.53. The Morgan fingerprint density at radius 3 is 2.60 bits per heavy atom. The third-order valence-corrected chi connectivity index (χ3v) is 6.15. The van der Waals surface area contributed by atoms with Gasteiger partial charge in [-0.1, -0.05) is 12.1 Å². The van der Waals surface area contributed by atoms with Crippen LogP contribution in [0.1, 0.15) is 5.56 Å². The maximum Gasteiger partial charge on any atom is 0.234 e. The lowest BCUT2D eigenvalue weighted by atomic mass is 10.2. The lowest BCUT2D eigenvalue weighted by molar-refractivity contribution is 0.372. The molecular weight excluding hydrogens is 407 g/mol. The molecular formula is C20H27FN6O2S. The van der Waals surface area contributed by atoms with Crippen LogP contribution in [0, 0.1) is 12.7 Å². The standard InChI is InChI=1S/C20H27FN6O2S/c1-16-6-7-17(15-18(16)21)25-30(28,29)14-9-24-20(22-2)27-12-10-26(11-13-27)19-5-3-4-8-23-19/h3-8,15,25H,9-14H2,1-2H3,(H,22,24). The van der Waals surface area contributed by atoms with Crippen LogP contribution in [0.5, 0.6) is 0 Å². The second-order valence-corrected chi connectivity index (χ2v) is 8.86. The fourth-order valence-corrected chi connectivity index (χ4v) is 4.16. The van der Waals surface area contributed by atoms with Crippen molar-refractivity contribution in [3.05, 3.63) is 54.0 Å². The first kappa shape index (κ1) is 21.8. The van der Waals surface area contributed by atoms with E-state index in [0.717, 1.165) is 32.0 Å². The molecule has 0 unspecified atom stereocenters. The highest BCUT2D eigenvalue weighted by Gasteiger charge is 2.21. The van der Waals surface area contributed by atoms with E-state index in [1.54, 1.807) is 26.2 Å². The third kappa shape index (κ3) is 5.82. The average molecular weight is 435 g/mol. The van der Waals surface area contributed by atoms with Crippen molar-refractivity contribution in [3.63, 3.8) is 0 Å². The molecule has 0 spiro atoms. The SMILES string of the molecule is CN=C(NCCS(=O)(=O)Nc1ccc(C)c(F)c1)N1CCN(c2ccccn2)CC1. The topological polar surface area (TPSA) is 89.9 Å². The molecule has 30 heavy (non-hydrogen) atoms. The number of hydrogen-bond acceptors (Lipinski definition) is 5. The minimum atomic E-state index is -3.61. The van der Waals surface area contributed by atoms with Gasteiger partial charge in [-0.05, 0) is 36.8 Å². The molecule has 0 saturated carbocycles. The van der Waals surface area contributed by atoms with E-state index in [9.17, 15) is 12.8 Å². The second kappa shape index (κ2) is 9.75. The molecule has 0 bridgehead atoms. The number of guanidine groups is 1. The smallest absolute Gasteiger partial charge is 0.234 e. The molecule has 2 N–H and O–H groups in total. The van der Waals surface area contributed by atoms with E-state index in [2.05, 4.69) is 29.8 Å². The van der Waals surface area contributed by atoms with Crippen LogP contribution in [0.25, 0.3) is 0 Å². The van der Waals surface area contributed by atoms with E-state index < -0.39 is 15.8 Å². The molecule has 1 aliphatic rings. The van der Waals surface area contributed by atoms with Crippen LogP contribution in [0.4, 0.5) is 15.9 Å². The number of rotatable bonds is 6. The Labute approximate surface area is 176 Å². The monoisotopic (exact) mass is 434 g/mol. The van der Waals surface area contributed by atoms with Gasteiger partial charge in [0, 0.05) is 46.0 Å². The highest BCUT2D eigenvalue weighted by molar-refractivity contribution is 7.92. The number of pyridine rings is 1. The minimum Gasteiger partial charge on any atom is -0.355 e. The van der Waals surface area contributed by atoms with E-state index in [0.29, 0.717) is 11.5 Å². The maximum atomic E-state index is 13.6. The second-order valence-electron chi connectivity index (χ2n) is 7.02. The Hall–Kier alpha value is -2.88. The lowest BCUT2D eigenvalue weighted by Gasteiger charge is -2.37. The van der Waals surface area contributed by atoms with E-state index in [-0.39, 0.29) is 18.0 Å². The van der Waals surface area contributed by atoms with Crippen molar-refractivity contribution in [1.82, 2.24) is 15.2 Å². The summed E-state index contributed by atoms with van der Waals surface area (Å²) >= 11 is 0. The molecule has 1 aromatic carbocycles. The highest BCUT2D eigenvalue weighted by Crippen LogP contribution is 2.15. The number of benzene rings is 1. The molecule has 1 aromatic heterocycles. The van der Waals surface area contributed by atoms with Gasteiger partial charge in [-0.2, -0.15) is 0 Å². The van der Waals surface area contributed by atoms with Crippen LogP contribution in [-0.2, 0) is 10.0 Å². The summed E-state index contributed by atoms with van der Waals surface area (Å²) in [6.07, 6.45) is 1.78. The molecule has 0 aliphatic carbocycles. The van der Waals surface area contributed by atoms with Crippen LogP contribution >= 0.6 is 0 Å². The first-order chi connectivity index (χ1) is 14.4. The molecule has 8 nitrogen and oxygen atoms in total. The van der Waals surface area contributed by atoms with Gasteiger partial charge in [-0.25, -0.2) is 17.8 Å². The number of aromatic nitrogens is 1. The number of nitrogens with one attached hydrogen (secondary N) is 2. The zero-order valence-corrected chi connectivity index (χ0v) is 18.0. The first-order valence-corrected chi connectivity index (χ1v) is 11.4. The van der Waals surface area contributed by atoms with Crippen molar-refractivity contribution >= 4 is 27.5 Å². The van der Waals surface area contributed by atoms with E-state index >= 15 is 0 Å². The Kier molecular flexibility index (Phi) is 7.09. The Morgan fingerprint density at radius 2 is 1.97 bits per heavy atom. The Morgan fingerprint density at radius 1 is 1.20 bits per heavy atom. The maximum absolute atomic E-state index is 13.6. The quantitative estimate of drug-likeness (QED) is 0.531. The molecule has 1 aliphatic heterocycles. The van der Waals surface area contributed by atoms with Crippen LogP contribution in [-0.4, -0.2) is 69.8 Å². The molecule has 1 fully saturated rings. The molecule has 1 saturated heterocycles. The summed E-state index contributed by atoms with van der Waals surface area (Å²) in [6, 6.07) is 10.1. The molecule has 2 heterocycles. The van der Waals surface area contributed by atoms with Crippen molar-refractivity contribution in [3.8, 4) is 0 Å². The van der Waals surface area contributed by atoms with E-state index in [4.69, 9.17) is 0 Å². The first-order valence-electron chi connectivity index (χ1n) is 9.76. The largest absolute Gasteiger partial charge is 0.355 e. The fourth-order valence-electron chi connectivity index (χ4n) is 3.20. The molecule has 3 rings (SSSR count). The van der Waals surface area contributed by atoms with Gasteiger partial charge in [0.25, 0.3) is 0 Å². The zero-order chi connectivity index (χ0) is 21.6. The predicted octanol–water partition coefficient (Wildman–Crippen LogP) is 1.67. The summed E-state index contributed by atoms with van der Waals surface area (Å²) < 4.78 is 40.6. The molecule has 162 valence electrons. The number of piperazine rings is 1. The van der Waals surface area contributed by atoms with Crippen molar-refractivity contribution in [2.45, 2.75) is 6.92 Å². The van der Waals surface area contributed by atoms with Crippen LogP contribution in [0.3, 0.4) is 0 Å². The highest BCUT2D eigenvalue weighted by atomic mass is 32.2. The Bertz CT molecular complexity index is 976. The predicted molar refractivity (Wildman–Crippen MR) is 118 cm³/mol.